The maximum absolute atomic E-state index is 12.8. The maximum Gasteiger partial charge on any atom is 0.256 e. The Balaban J connectivity index is 1.49. The van der Waals surface area contributed by atoms with Crippen LogP contribution in [-0.2, 0) is 24.2 Å². The first-order valence-electron chi connectivity index (χ1n) is 9.79. The first-order valence-corrected chi connectivity index (χ1v) is 10.6. The summed E-state index contributed by atoms with van der Waals surface area (Å²) in [6.45, 7) is 2.64. The number of nitriles is 1. The van der Waals surface area contributed by atoms with Gasteiger partial charge in [0.15, 0.2) is 0 Å². The molecule has 5 nitrogen and oxygen atoms in total. The topological polar surface area (TPSA) is 73.2 Å². The molecule has 0 bridgehead atoms. The molecule has 0 unspecified atom stereocenters. The zero-order valence-electron chi connectivity index (χ0n) is 16.6. The molecule has 2 amide bonds. The van der Waals surface area contributed by atoms with Crippen LogP contribution < -0.4 is 5.32 Å². The van der Waals surface area contributed by atoms with Gasteiger partial charge in [-0.2, -0.15) is 5.26 Å². The van der Waals surface area contributed by atoms with Gasteiger partial charge in [-0.25, -0.2) is 0 Å². The number of carbonyl (C=O) groups is 2. The summed E-state index contributed by atoms with van der Waals surface area (Å²) in [6, 6.07) is 19.9. The summed E-state index contributed by atoms with van der Waals surface area (Å²) in [7, 11) is 0. The standard InChI is InChI=1S/C24H21N3O2S/c1-16(28)27-12-11-20-21(14-25)24(30-22(20)15-27)26-23(29)19-9-7-18(8-10-19)13-17-5-3-2-4-6-17/h2-10H,11-13,15H2,1H3,(H,26,29). The second kappa shape index (κ2) is 8.52. The number of hydrogen-bond acceptors (Lipinski definition) is 4. The van der Waals surface area contributed by atoms with E-state index in [0.717, 1.165) is 22.4 Å². The van der Waals surface area contributed by atoms with Crippen molar-refractivity contribution in [3.63, 3.8) is 0 Å². The molecule has 1 aliphatic heterocycles. The molecule has 2 heterocycles. The molecule has 0 saturated heterocycles. The van der Waals surface area contributed by atoms with Gasteiger partial charge < -0.3 is 10.2 Å². The molecule has 0 radical (unpaired) electrons. The van der Waals surface area contributed by atoms with Gasteiger partial charge in [-0.1, -0.05) is 42.5 Å². The van der Waals surface area contributed by atoms with Crippen molar-refractivity contribution in [2.75, 3.05) is 11.9 Å². The van der Waals surface area contributed by atoms with Gasteiger partial charge in [0, 0.05) is 23.9 Å². The highest BCUT2D eigenvalue weighted by Crippen LogP contribution is 2.36. The summed E-state index contributed by atoms with van der Waals surface area (Å²) >= 11 is 1.39. The average molecular weight is 416 g/mol. The van der Waals surface area contributed by atoms with Crippen LogP contribution in [0.2, 0.25) is 0 Å². The van der Waals surface area contributed by atoms with Crippen molar-refractivity contribution >= 4 is 28.2 Å². The van der Waals surface area contributed by atoms with Crippen molar-refractivity contribution in [2.24, 2.45) is 0 Å². The number of amides is 2. The average Bonchev–Trinajstić information content (AvgIpc) is 3.11. The van der Waals surface area contributed by atoms with Gasteiger partial charge in [-0.15, -0.1) is 11.3 Å². The first kappa shape index (κ1) is 19.9. The van der Waals surface area contributed by atoms with E-state index in [1.807, 2.05) is 42.5 Å². The lowest BCUT2D eigenvalue weighted by molar-refractivity contribution is -0.129. The van der Waals surface area contributed by atoms with Crippen molar-refractivity contribution in [1.82, 2.24) is 4.90 Å². The molecular weight excluding hydrogens is 394 g/mol. The quantitative estimate of drug-likeness (QED) is 0.688. The molecule has 30 heavy (non-hydrogen) atoms. The van der Waals surface area contributed by atoms with Crippen molar-refractivity contribution < 1.29 is 9.59 Å². The van der Waals surface area contributed by atoms with Crippen LogP contribution in [-0.4, -0.2) is 23.3 Å². The Morgan fingerprint density at radius 2 is 1.80 bits per heavy atom. The lowest BCUT2D eigenvalue weighted by Gasteiger charge is -2.25. The molecule has 3 aromatic rings. The SMILES string of the molecule is CC(=O)N1CCc2c(sc(NC(=O)c3ccc(Cc4ccccc4)cc3)c2C#N)C1. The van der Waals surface area contributed by atoms with E-state index in [1.54, 1.807) is 11.8 Å². The lowest BCUT2D eigenvalue weighted by Crippen LogP contribution is -2.33. The Hall–Kier alpha value is -3.43. The largest absolute Gasteiger partial charge is 0.337 e. The van der Waals surface area contributed by atoms with Crippen LogP contribution in [0.25, 0.3) is 0 Å². The molecule has 1 aromatic heterocycles. The minimum atomic E-state index is -0.236. The summed E-state index contributed by atoms with van der Waals surface area (Å²) < 4.78 is 0. The molecule has 6 heteroatoms. The van der Waals surface area contributed by atoms with Gasteiger partial charge in [0.1, 0.15) is 11.1 Å². The van der Waals surface area contributed by atoms with E-state index in [2.05, 4.69) is 23.5 Å². The zero-order chi connectivity index (χ0) is 21.1. The summed E-state index contributed by atoms with van der Waals surface area (Å²) in [5.74, 6) is -0.214. The number of nitrogens with zero attached hydrogens (tertiary/aromatic N) is 2. The highest BCUT2D eigenvalue weighted by Gasteiger charge is 2.26. The van der Waals surface area contributed by atoms with E-state index in [9.17, 15) is 14.9 Å². The Bertz CT molecular complexity index is 1130. The van der Waals surface area contributed by atoms with E-state index in [0.29, 0.717) is 35.6 Å². The fourth-order valence-corrected chi connectivity index (χ4v) is 4.87. The summed E-state index contributed by atoms with van der Waals surface area (Å²) in [5.41, 5.74) is 4.37. The second-order valence-corrected chi connectivity index (χ2v) is 8.43. The van der Waals surface area contributed by atoms with Crippen LogP contribution in [0, 0.1) is 11.3 Å². The number of fused-ring (bicyclic) bond motifs is 1. The van der Waals surface area contributed by atoms with Crippen LogP contribution in [0.3, 0.4) is 0 Å². The Labute approximate surface area is 179 Å². The van der Waals surface area contributed by atoms with Crippen LogP contribution >= 0.6 is 11.3 Å². The molecule has 0 fully saturated rings. The fourth-order valence-electron chi connectivity index (χ4n) is 3.66. The van der Waals surface area contributed by atoms with Crippen molar-refractivity contribution in [2.45, 2.75) is 26.3 Å². The zero-order valence-corrected chi connectivity index (χ0v) is 17.5. The van der Waals surface area contributed by atoms with Gasteiger partial charge in [-0.3, -0.25) is 9.59 Å². The number of hydrogen-bond donors (Lipinski definition) is 1. The predicted octanol–water partition coefficient (Wildman–Crippen LogP) is 4.37. The molecule has 1 N–H and O–H groups in total. The van der Waals surface area contributed by atoms with Gasteiger partial charge in [0.05, 0.1) is 12.1 Å². The molecular formula is C24H21N3O2S. The highest BCUT2D eigenvalue weighted by molar-refractivity contribution is 7.16. The molecule has 4 rings (SSSR count). The van der Waals surface area contributed by atoms with E-state index < -0.39 is 0 Å². The maximum atomic E-state index is 12.8. The molecule has 150 valence electrons. The Morgan fingerprint density at radius 3 is 2.47 bits per heavy atom. The van der Waals surface area contributed by atoms with Crippen LogP contribution in [0.15, 0.2) is 54.6 Å². The molecule has 0 spiro atoms. The van der Waals surface area contributed by atoms with Crippen LogP contribution in [0.5, 0.6) is 0 Å². The van der Waals surface area contributed by atoms with E-state index in [-0.39, 0.29) is 11.8 Å². The molecule has 2 aromatic carbocycles. The molecule has 1 aliphatic rings. The van der Waals surface area contributed by atoms with Crippen molar-refractivity contribution in [3.05, 3.63) is 87.3 Å². The number of anilines is 1. The molecule has 0 atom stereocenters. The number of thiophene rings is 1. The predicted molar refractivity (Wildman–Crippen MR) is 117 cm³/mol. The second-order valence-electron chi connectivity index (χ2n) is 7.32. The summed E-state index contributed by atoms with van der Waals surface area (Å²) in [4.78, 5) is 27.2. The van der Waals surface area contributed by atoms with E-state index in [4.69, 9.17) is 0 Å². The van der Waals surface area contributed by atoms with Crippen molar-refractivity contribution in [3.8, 4) is 6.07 Å². The molecule has 0 saturated carbocycles. The van der Waals surface area contributed by atoms with Gasteiger partial charge in [0.2, 0.25) is 5.91 Å². The summed E-state index contributed by atoms with van der Waals surface area (Å²) in [6.07, 6.45) is 1.45. The molecule has 0 aliphatic carbocycles. The summed E-state index contributed by atoms with van der Waals surface area (Å²) in [5, 5.41) is 13.1. The van der Waals surface area contributed by atoms with Crippen LogP contribution in [0.1, 0.15) is 44.4 Å². The van der Waals surface area contributed by atoms with Crippen molar-refractivity contribution in [1.29, 1.82) is 5.26 Å². The monoisotopic (exact) mass is 415 g/mol. The number of nitrogens with one attached hydrogen (secondary N) is 1. The normalized spacial score (nSPS) is 12.7. The smallest absolute Gasteiger partial charge is 0.256 e. The van der Waals surface area contributed by atoms with Gasteiger partial charge in [-0.05, 0) is 41.7 Å². The lowest BCUT2D eigenvalue weighted by atomic mass is 10.0. The third kappa shape index (κ3) is 4.12. The Morgan fingerprint density at radius 1 is 1.10 bits per heavy atom. The number of rotatable bonds is 4. The highest BCUT2D eigenvalue weighted by atomic mass is 32.1. The first-order chi connectivity index (χ1) is 14.5. The fraction of sp³-hybridized carbons (Fsp3) is 0.208. The third-order valence-corrected chi connectivity index (χ3v) is 6.44. The van der Waals surface area contributed by atoms with Gasteiger partial charge in [0.25, 0.3) is 5.91 Å². The number of benzene rings is 2. The number of carbonyl (C=O) groups excluding carboxylic acids is 2. The van der Waals surface area contributed by atoms with E-state index >= 15 is 0 Å². The van der Waals surface area contributed by atoms with E-state index in [1.165, 1.54) is 16.9 Å². The minimum Gasteiger partial charge on any atom is -0.337 e. The Kier molecular flexibility index (Phi) is 5.64. The van der Waals surface area contributed by atoms with Gasteiger partial charge >= 0.3 is 0 Å². The minimum absolute atomic E-state index is 0.0220. The van der Waals surface area contributed by atoms with Crippen LogP contribution in [0.4, 0.5) is 5.00 Å². The third-order valence-electron chi connectivity index (χ3n) is 5.31.